The van der Waals surface area contributed by atoms with Gasteiger partial charge in [0.25, 0.3) is 0 Å². The molecule has 98 valence electrons. The van der Waals surface area contributed by atoms with Crippen molar-refractivity contribution in [1.82, 2.24) is 0 Å². The van der Waals surface area contributed by atoms with Crippen LogP contribution in [0.3, 0.4) is 0 Å². The molecule has 0 aromatic rings. The Labute approximate surface area is 104 Å². The third-order valence-corrected chi connectivity index (χ3v) is 3.59. The molecule has 0 spiro atoms. The van der Waals surface area contributed by atoms with Gasteiger partial charge < -0.3 is 11.5 Å². The average molecular weight is 294 g/mol. The fourth-order valence-electron chi connectivity index (χ4n) is 1.45. The van der Waals surface area contributed by atoms with E-state index in [0.717, 1.165) is 0 Å². The summed E-state index contributed by atoms with van der Waals surface area (Å²) < 4.78 is 38.2. The highest BCUT2D eigenvalue weighted by Crippen LogP contribution is 2.47. The average Bonchev–Trinajstić information content (AvgIpc) is 2.12. The fourth-order valence-corrected chi connectivity index (χ4v) is 2.03. The molecule has 3 unspecified atom stereocenters. The van der Waals surface area contributed by atoms with E-state index in [1.54, 1.807) is 0 Å². The van der Waals surface area contributed by atoms with Crippen LogP contribution < -0.4 is 11.5 Å². The van der Waals surface area contributed by atoms with E-state index in [4.69, 9.17) is 34.7 Å². The Bertz CT molecular complexity index is 389. The Balaban J connectivity index is 3.32. The Morgan fingerprint density at radius 3 is 2.41 bits per heavy atom. The third-order valence-electron chi connectivity index (χ3n) is 2.60. The zero-order valence-electron chi connectivity index (χ0n) is 8.17. The summed E-state index contributed by atoms with van der Waals surface area (Å²) in [5.41, 5.74) is 7.34. The molecule has 5 nitrogen and oxygen atoms in total. The monoisotopic (exact) mass is 293 g/mol. The lowest BCUT2D eigenvalue weighted by Gasteiger charge is -2.39. The molecule has 4 N–H and O–H groups in total. The van der Waals surface area contributed by atoms with Crippen LogP contribution in [-0.4, -0.2) is 27.7 Å². The lowest BCUT2D eigenvalue weighted by molar-refractivity contribution is -0.548. The summed E-state index contributed by atoms with van der Waals surface area (Å²) in [6.07, 6.45) is -5.53. The minimum atomic E-state index is -4.96. The van der Waals surface area contributed by atoms with Crippen molar-refractivity contribution >= 4 is 23.2 Å². The third kappa shape index (κ3) is 2.10. The summed E-state index contributed by atoms with van der Waals surface area (Å²) in [5.74, 6) is 0. The van der Waals surface area contributed by atoms with Gasteiger partial charge in [-0.25, -0.2) is 0 Å². The zero-order valence-corrected chi connectivity index (χ0v) is 9.68. The molecule has 0 radical (unpaired) electrons. The van der Waals surface area contributed by atoms with Crippen LogP contribution >= 0.6 is 23.2 Å². The molecule has 0 bridgehead atoms. The van der Waals surface area contributed by atoms with Gasteiger partial charge >= 0.3 is 11.2 Å². The molecule has 0 amide bonds. The molecule has 10 heteroatoms. The van der Waals surface area contributed by atoms with Gasteiger partial charge in [0.1, 0.15) is 6.04 Å². The molecule has 0 fully saturated rings. The number of nitro groups is 1. The van der Waals surface area contributed by atoms with Crippen molar-refractivity contribution in [3.63, 3.8) is 0 Å². The molecule has 0 aliphatic heterocycles. The highest BCUT2D eigenvalue weighted by Gasteiger charge is 2.65. The van der Waals surface area contributed by atoms with Crippen LogP contribution in [0, 0.1) is 10.1 Å². The van der Waals surface area contributed by atoms with Crippen LogP contribution in [0.1, 0.15) is 6.42 Å². The summed E-state index contributed by atoms with van der Waals surface area (Å²) in [4.78, 5) is 7.09. The fraction of sp³-hybridized carbons (Fsp3) is 0.714. The van der Waals surface area contributed by atoms with Crippen LogP contribution in [0.2, 0.25) is 0 Å². The van der Waals surface area contributed by atoms with Crippen LogP contribution in [0.5, 0.6) is 0 Å². The molecule has 17 heavy (non-hydrogen) atoms. The topological polar surface area (TPSA) is 95.2 Å². The van der Waals surface area contributed by atoms with E-state index >= 15 is 0 Å². The maximum atomic E-state index is 12.7. The first kappa shape index (κ1) is 14.5. The molecule has 0 saturated carbocycles. The highest BCUT2D eigenvalue weighted by molar-refractivity contribution is 6.31. The number of alkyl halides is 4. The molecule has 0 saturated heterocycles. The van der Waals surface area contributed by atoms with Crippen molar-refractivity contribution in [3.05, 3.63) is 21.2 Å². The molecule has 0 heterocycles. The number of halogens is 5. The number of hydrogen-bond donors (Lipinski definition) is 2. The lowest BCUT2D eigenvalue weighted by Crippen LogP contribution is -2.65. The Morgan fingerprint density at radius 2 is 2.06 bits per heavy atom. The molecule has 1 aliphatic rings. The molecule has 3 atom stereocenters. The first-order chi connectivity index (χ1) is 7.45. The summed E-state index contributed by atoms with van der Waals surface area (Å²) >= 11 is 10.9. The number of hydrogen-bond acceptors (Lipinski definition) is 4. The van der Waals surface area contributed by atoms with E-state index in [0.29, 0.717) is 6.08 Å². The molecular formula is C7H8Cl2F3N3O2. The van der Waals surface area contributed by atoms with Gasteiger partial charge in [0.15, 0.2) is 5.54 Å². The highest BCUT2D eigenvalue weighted by atomic mass is 35.5. The Kier molecular flexibility index (Phi) is 3.39. The summed E-state index contributed by atoms with van der Waals surface area (Å²) in [5, 5.41) is 9.91. The predicted molar refractivity (Wildman–Crippen MR) is 55.1 cm³/mol. The van der Waals surface area contributed by atoms with E-state index in [9.17, 15) is 23.3 Å². The van der Waals surface area contributed by atoms with Crippen molar-refractivity contribution in [3.8, 4) is 0 Å². The van der Waals surface area contributed by atoms with Gasteiger partial charge in [0, 0.05) is 9.96 Å². The number of rotatable bonds is 1. The van der Waals surface area contributed by atoms with Gasteiger partial charge in [-0.1, -0.05) is 11.6 Å². The van der Waals surface area contributed by atoms with E-state index in [-0.39, 0.29) is 0 Å². The first-order valence-electron chi connectivity index (χ1n) is 4.27. The van der Waals surface area contributed by atoms with E-state index < -0.39 is 39.1 Å². The second-order valence-corrected chi connectivity index (χ2v) is 4.82. The SMILES string of the molecule is NC1C=C(Cl)C(N)(C(F)(F)F)CC1(Cl)[N+](=O)[O-]. The molecule has 0 aromatic carbocycles. The maximum absolute atomic E-state index is 12.7. The van der Waals surface area contributed by atoms with Gasteiger partial charge in [0.2, 0.25) is 0 Å². The van der Waals surface area contributed by atoms with Crippen molar-refractivity contribution in [1.29, 1.82) is 0 Å². The molecule has 0 aromatic heterocycles. The summed E-state index contributed by atoms with van der Waals surface area (Å²) in [6, 6.07) is -1.45. The number of nitrogens with two attached hydrogens (primary N) is 2. The maximum Gasteiger partial charge on any atom is 0.411 e. The minimum Gasteiger partial charge on any atom is -0.317 e. The van der Waals surface area contributed by atoms with E-state index in [1.807, 2.05) is 0 Å². The molecule has 1 aliphatic carbocycles. The van der Waals surface area contributed by atoms with Crippen molar-refractivity contribution in [2.45, 2.75) is 29.2 Å². The lowest BCUT2D eigenvalue weighted by atomic mass is 9.82. The van der Waals surface area contributed by atoms with Crippen LogP contribution in [0.25, 0.3) is 0 Å². The Hall–Kier alpha value is -0.570. The zero-order chi connectivity index (χ0) is 13.6. The standard InChI is InChI=1S/C7H8Cl2F3N3O2/c8-3-1-4(13)6(9,15(16)17)2-5(3,14)7(10,11)12/h1,4H,2,13-14H2. The van der Waals surface area contributed by atoms with Gasteiger partial charge in [-0.2, -0.15) is 13.2 Å². The second kappa shape index (κ2) is 3.98. The molecule has 1 rings (SSSR count). The quantitative estimate of drug-likeness (QED) is 0.330. The minimum absolute atomic E-state index is 0.661. The van der Waals surface area contributed by atoms with Gasteiger partial charge in [0.05, 0.1) is 6.42 Å². The van der Waals surface area contributed by atoms with Gasteiger partial charge in [-0.05, 0) is 17.7 Å². The van der Waals surface area contributed by atoms with Crippen molar-refractivity contribution < 1.29 is 18.1 Å². The predicted octanol–water partition coefficient (Wildman–Crippen LogP) is 1.31. The molecular weight excluding hydrogens is 286 g/mol. The van der Waals surface area contributed by atoms with Crippen LogP contribution in [-0.2, 0) is 0 Å². The van der Waals surface area contributed by atoms with Gasteiger partial charge in [-0.15, -0.1) is 0 Å². The van der Waals surface area contributed by atoms with Crippen LogP contribution in [0.4, 0.5) is 13.2 Å². The largest absolute Gasteiger partial charge is 0.411 e. The smallest absolute Gasteiger partial charge is 0.317 e. The van der Waals surface area contributed by atoms with Crippen molar-refractivity contribution in [2.24, 2.45) is 11.5 Å². The van der Waals surface area contributed by atoms with Crippen molar-refractivity contribution in [2.75, 3.05) is 0 Å². The summed E-state index contributed by atoms with van der Waals surface area (Å²) in [7, 11) is 0. The summed E-state index contributed by atoms with van der Waals surface area (Å²) in [6.45, 7) is 0. The normalized spacial score (nSPS) is 38.8. The number of nitrogens with zero attached hydrogens (tertiary/aromatic N) is 1. The Morgan fingerprint density at radius 1 is 1.59 bits per heavy atom. The van der Waals surface area contributed by atoms with Gasteiger partial charge in [-0.3, -0.25) is 10.1 Å². The second-order valence-electron chi connectivity index (χ2n) is 3.76. The van der Waals surface area contributed by atoms with E-state index in [2.05, 4.69) is 0 Å². The van der Waals surface area contributed by atoms with Crippen LogP contribution in [0.15, 0.2) is 11.1 Å². The van der Waals surface area contributed by atoms with E-state index in [1.165, 1.54) is 0 Å². The first-order valence-corrected chi connectivity index (χ1v) is 5.03.